The summed E-state index contributed by atoms with van der Waals surface area (Å²) >= 11 is 9.68. The van der Waals surface area contributed by atoms with Crippen molar-refractivity contribution in [3.8, 4) is 0 Å². The summed E-state index contributed by atoms with van der Waals surface area (Å²) in [6, 6.07) is 9.55. The minimum Gasteiger partial charge on any atom is -0.207 e. The van der Waals surface area contributed by atoms with Gasteiger partial charge in [0.25, 0.3) is 0 Å². The normalized spacial score (nSPS) is 12.5. The molecule has 0 saturated heterocycles. The molecule has 0 aromatic heterocycles. The summed E-state index contributed by atoms with van der Waals surface area (Å²) in [4.78, 5) is 0. The molecule has 0 aliphatic rings. The van der Waals surface area contributed by atoms with Crippen molar-refractivity contribution in [1.29, 1.82) is 0 Å². The zero-order valence-corrected chi connectivity index (χ0v) is 12.6. The first-order valence-electron chi connectivity index (χ1n) is 5.82. The molecule has 0 bridgehead atoms. The van der Waals surface area contributed by atoms with E-state index in [0.29, 0.717) is 0 Å². The smallest absolute Gasteiger partial charge is 0.129 e. The predicted molar refractivity (Wildman–Crippen MR) is 77.5 cm³/mol. The topological polar surface area (TPSA) is 0 Å². The first-order chi connectivity index (χ1) is 8.99. The molecule has 0 spiro atoms. The van der Waals surface area contributed by atoms with Crippen LogP contribution in [0.2, 0.25) is 0 Å². The lowest BCUT2D eigenvalue weighted by Gasteiger charge is -2.14. The number of aryl methyl sites for hydroxylation is 1. The van der Waals surface area contributed by atoms with Gasteiger partial charge in [0, 0.05) is 10.0 Å². The summed E-state index contributed by atoms with van der Waals surface area (Å²) in [6.45, 7) is 1.93. The molecule has 2 rings (SSSR count). The zero-order valence-electron chi connectivity index (χ0n) is 10.3. The molecule has 0 radical (unpaired) electrons. The molecule has 4 heteroatoms. The van der Waals surface area contributed by atoms with E-state index in [1.54, 1.807) is 0 Å². The number of rotatable bonds is 3. The fraction of sp³-hybridized carbons (Fsp3) is 0.200. The molecule has 0 N–H and O–H groups in total. The lowest BCUT2D eigenvalue weighted by atomic mass is 9.99. The molecule has 0 fully saturated rings. The molecule has 2 aromatic rings. The van der Waals surface area contributed by atoms with E-state index in [2.05, 4.69) is 15.9 Å². The average Bonchev–Trinajstić information content (AvgIpc) is 2.37. The summed E-state index contributed by atoms with van der Waals surface area (Å²) in [5.41, 5.74) is 1.90. The Morgan fingerprint density at radius 3 is 2.42 bits per heavy atom. The van der Waals surface area contributed by atoms with Gasteiger partial charge in [0.15, 0.2) is 0 Å². The Balaban J connectivity index is 2.31. The second-order valence-electron chi connectivity index (χ2n) is 4.37. The molecule has 1 unspecified atom stereocenters. The van der Waals surface area contributed by atoms with Gasteiger partial charge in [-0.25, -0.2) is 8.78 Å². The Hall–Kier alpha value is -0.930. The Bertz CT molecular complexity index is 578. The monoisotopic (exact) mass is 344 g/mol. The summed E-state index contributed by atoms with van der Waals surface area (Å²) in [7, 11) is 0. The van der Waals surface area contributed by atoms with Gasteiger partial charge in [0.2, 0.25) is 0 Å². The molecule has 0 aliphatic carbocycles. The van der Waals surface area contributed by atoms with Crippen molar-refractivity contribution in [3.05, 3.63) is 69.2 Å². The molecule has 0 amide bonds. The van der Waals surface area contributed by atoms with Crippen LogP contribution in [0.3, 0.4) is 0 Å². The van der Waals surface area contributed by atoms with E-state index in [4.69, 9.17) is 11.6 Å². The maximum atomic E-state index is 13.6. The summed E-state index contributed by atoms with van der Waals surface area (Å²) in [5, 5.41) is -0.469. The van der Waals surface area contributed by atoms with Gasteiger partial charge in [-0.2, -0.15) is 0 Å². The molecule has 19 heavy (non-hydrogen) atoms. The van der Waals surface area contributed by atoms with Crippen molar-refractivity contribution >= 4 is 27.5 Å². The van der Waals surface area contributed by atoms with Gasteiger partial charge < -0.3 is 0 Å². The van der Waals surface area contributed by atoms with Crippen LogP contribution < -0.4 is 0 Å². The highest BCUT2D eigenvalue weighted by Gasteiger charge is 2.17. The fourth-order valence-electron chi connectivity index (χ4n) is 1.97. The standard InChI is InChI=1S/C15H12BrClF2/c1-9-5-6-10(16)7-11(9)13(17)8-12-14(18)3-2-4-15(12)19/h2-7,13H,8H2,1H3. The van der Waals surface area contributed by atoms with E-state index in [0.717, 1.165) is 15.6 Å². The first kappa shape index (κ1) is 14.5. The largest absolute Gasteiger partial charge is 0.207 e. The van der Waals surface area contributed by atoms with Crippen LogP contribution in [0.1, 0.15) is 22.1 Å². The van der Waals surface area contributed by atoms with Crippen molar-refractivity contribution in [3.63, 3.8) is 0 Å². The van der Waals surface area contributed by atoms with Crippen LogP contribution in [0.5, 0.6) is 0 Å². The van der Waals surface area contributed by atoms with Crippen molar-refractivity contribution in [1.82, 2.24) is 0 Å². The lowest BCUT2D eigenvalue weighted by Crippen LogP contribution is -2.03. The van der Waals surface area contributed by atoms with Gasteiger partial charge in [-0.1, -0.05) is 28.1 Å². The molecular weight excluding hydrogens is 334 g/mol. The van der Waals surface area contributed by atoms with E-state index in [-0.39, 0.29) is 12.0 Å². The van der Waals surface area contributed by atoms with Crippen LogP contribution in [0.4, 0.5) is 8.78 Å². The highest BCUT2D eigenvalue weighted by Crippen LogP contribution is 2.31. The maximum Gasteiger partial charge on any atom is 0.129 e. The Morgan fingerprint density at radius 2 is 1.79 bits per heavy atom. The highest BCUT2D eigenvalue weighted by atomic mass is 79.9. The van der Waals surface area contributed by atoms with Gasteiger partial charge in [0.1, 0.15) is 11.6 Å². The summed E-state index contributed by atoms with van der Waals surface area (Å²) < 4.78 is 28.1. The molecule has 100 valence electrons. The van der Waals surface area contributed by atoms with Crippen molar-refractivity contribution < 1.29 is 8.78 Å². The van der Waals surface area contributed by atoms with Crippen LogP contribution in [-0.2, 0) is 6.42 Å². The number of alkyl halides is 1. The SMILES string of the molecule is Cc1ccc(Br)cc1C(Cl)Cc1c(F)cccc1F. The summed E-state index contributed by atoms with van der Waals surface area (Å²) in [6.07, 6.45) is 0.122. The van der Waals surface area contributed by atoms with E-state index >= 15 is 0 Å². The van der Waals surface area contributed by atoms with Crippen molar-refractivity contribution in [2.45, 2.75) is 18.7 Å². The van der Waals surface area contributed by atoms with Gasteiger partial charge in [0.05, 0.1) is 5.38 Å². The highest BCUT2D eigenvalue weighted by molar-refractivity contribution is 9.10. The van der Waals surface area contributed by atoms with Crippen molar-refractivity contribution in [2.24, 2.45) is 0 Å². The van der Waals surface area contributed by atoms with Crippen molar-refractivity contribution in [2.75, 3.05) is 0 Å². The van der Waals surface area contributed by atoms with E-state index in [9.17, 15) is 8.78 Å². The van der Waals surface area contributed by atoms with Crippen LogP contribution in [0.15, 0.2) is 40.9 Å². The van der Waals surface area contributed by atoms with Crippen LogP contribution in [0, 0.1) is 18.6 Å². The maximum absolute atomic E-state index is 13.6. The minimum absolute atomic E-state index is 0.0295. The third-order valence-corrected chi connectivity index (χ3v) is 3.91. The fourth-order valence-corrected chi connectivity index (χ4v) is 2.73. The zero-order chi connectivity index (χ0) is 14.0. The third kappa shape index (κ3) is 3.34. The third-order valence-electron chi connectivity index (χ3n) is 3.02. The van der Waals surface area contributed by atoms with Crippen LogP contribution in [-0.4, -0.2) is 0 Å². The number of halogens is 4. The predicted octanol–water partition coefficient (Wildman–Crippen LogP) is 5.56. The van der Waals surface area contributed by atoms with Gasteiger partial charge >= 0.3 is 0 Å². The molecule has 1 atom stereocenters. The first-order valence-corrected chi connectivity index (χ1v) is 7.05. The van der Waals surface area contributed by atoms with Gasteiger partial charge in [-0.15, -0.1) is 11.6 Å². The number of hydrogen-bond donors (Lipinski definition) is 0. The Morgan fingerprint density at radius 1 is 1.16 bits per heavy atom. The average molecular weight is 346 g/mol. The Labute approximate surface area is 124 Å². The quantitative estimate of drug-likeness (QED) is 0.639. The van der Waals surface area contributed by atoms with Gasteiger partial charge in [-0.3, -0.25) is 0 Å². The van der Waals surface area contributed by atoms with Crippen LogP contribution >= 0.6 is 27.5 Å². The second kappa shape index (κ2) is 6.02. The molecule has 0 nitrogen and oxygen atoms in total. The second-order valence-corrected chi connectivity index (χ2v) is 5.82. The molecular formula is C15H12BrClF2. The summed E-state index contributed by atoms with van der Waals surface area (Å²) in [5.74, 6) is -1.11. The van der Waals surface area contributed by atoms with E-state index in [1.807, 2.05) is 25.1 Å². The molecule has 0 heterocycles. The number of hydrogen-bond acceptors (Lipinski definition) is 0. The molecule has 0 aliphatic heterocycles. The minimum atomic E-state index is -0.557. The number of benzene rings is 2. The van der Waals surface area contributed by atoms with E-state index in [1.165, 1.54) is 18.2 Å². The van der Waals surface area contributed by atoms with Crippen LogP contribution in [0.25, 0.3) is 0 Å². The molecule has 2 aromatic carbocycles. The van der Waals surface area contributed by atoms with Gasteiger partial charge in [-0.05, 0) is 48.7 Å². The van der Waals surface area contributed by atoms with E-state index < -0.39 is 17.0 Å². The lowest BCUT2D eigenvalue weighted by molar-refractivity contribution is 0.553. The molecule has 0 saturated carbocycles. The Kier molecular flexibility index (Phi) is 4.58.